The maximum absolute atomic E-state index is 10.6. The zero-order chi connectivity index (χ0) is 13.2. The Bertz CT molecular complexity index is 582. The van der Waals surface area contributed by atoms with Crippen molar-refractivity contribution in [3.63, 3.8) is 0 Å². The molecule has 0 saturated heterocycles. The molecule has 1 aliphatic carbocycles. The number of hydrogen-bond donors (Lipinski definition) is 1. The summed E-state index contributed by atoms with van der Waals surface area (Å²) in [5, 5.41) is 14.3. The van der Waals surface area contributed by atoms with Crippen LogP contribution in [0.3, 0.4) is 0 Å². The van der Waals surface area contributed by atoms with Crippen LogP contribution in [-0.4, -0.2) is 11.0 Å². The van der Waals surface area contributed by atoms with E-state index in [0.29, 0.717) is 18.5 Å². The van der Waals surface area contributed by atoms with Gasteiger partial charge in [0.2, 0.25) is 0 Å². The minimum absolute atomic E-state index is 0.215. The first-order valence-corrected chi connectivity index (χ1v) is 7.07. The van der Waals surface area contributed by atoms with E-state index >= 15 is 0 Å². The summed E-state index contributed by atoms with van der Waals surface area (Å²) in [6, 6.07) is 14.4. The summed E-state index contributed by atoms with van der Waals surface area (Å²) in [5.74, 6) is 0.594. The largest absolute Gasteiger partial charge is 0.324 e. The molecule has 98 valence electrons. The fraction of sp³-hybridized carbons (Fsp3) is 0.286. The van der Waals surface area contributed by atoms with E-state index in [1.54, 1.807) is 6.07 Å². The number of benzene rings is 1. The Hall–Kier alpha value is -1.72. The highest BCUT2D eigenvalue weighted by molar-refractivity contribution is 7.15. The van der Waals surface area contributed by atoms with Crippen LogP contribution in [-0.2, 0) is 6.54 Å². The van der Waals surface area contributed by atoms with Gasteiger partial charge in [-0.2, -0.15) is 0 Å². The summed E-state index contributed by atoms with van der Waals surface area (Å²) < 4.78 is 0. The van der Waals surface area contributed by atoms with Crippen molar-refractivity contribution in [2.24, 2.45) is 0 Å². The first-order valence-electron chi connectivity index (χ1n) is 6.25. The molecule has 0 bridgehead atoms. The van der Waals surface area contributed by atoms with Crippen LogP contribution in [0, 0.1) is 10.1 Å². The first-order chi connectivity index (χ1) is 9.24. The molecule has 1 heterocycles. The molecular weight excluding hydrogens is 260 g/mol. The summed E-state index contributed by atoms with van der Waals surface area (Å²) in [6.07, 6.45) is 1.15. The standard InChI is InChI=1S/C14H14N2O2S/c17-16(18)14-7-6-11(19-14)9-15-13-8-12(13)10-4-2-1-3-5-10/h1-7,12-13,15H,8-9H2. The van der Waals surface area contributed by atoms with E-state index in [0.717, 1.165) is 11.3 Å². The molecule has 0 spiro atoms. The second-order valence-corrected chi connectivity index (χ2v) is 5.88. The van der Waals surface area contributed by atoms with Crippen molar-refractivity contribution in [2.45, 2.75) is 24.9 Å². The molecule has 2 unspecified atom stereocenters. The minimum atomic E-state index is -0.335. The quantitative estimate of drug-likeness (QED) is 0.672. The molecule has 1 aromatic carbocycles. The smallest absolute Gasteiger partial charge is 0.308 e. The molecular formula is C14H14N2O2S. The number of rotatable bonds is 5. The van der Waals surface area contributed by atoms with Gasteiger partial charge in [0.15, 0.2) is 0 Å². The van der Waals surface area contributed by atoms with Gasteiger partial charge in [-0.25, -0.2) is 0 Å². The highest BCUT2D eigenvalue weighted by atomic mass is 32.1. The minimum Gasteiger partial charge on any atom is -0.308 e. The van der Waals surface area contributed by atoms with Crippen molar-refractivity contribution in [1.29, 1.82) is 0 Å². The first kappa shape index (κ1) is 12.3. The average Bonchev–Trinajstić information content (AvgIpc) is 3.05. The molecule has 0 radical (unpaired) electrons. The van der Waals surface area contributed by atoms with Gasteiger partial charge in [0.25, 0.3) is 0 Å². The van der Waals surface area contributed by atoms with Crippen LogP contribution in [0.4, 0.5) is 5.00 Å². The Morgan fingerprint density at radius 2 is 2.05 bits per heavy atom. The normalized spacial score (nSPS) is 21.3. The average molecular weight is 274 g/mol. The third kappa shape index (κ3) is 2.83. The Morgan fingerprint density at radius 3 is 2.74 bits per heavy atom. The van der Waals surface area contributed by atoms with Gasteiger partial charge in [-0.05, 0) is 18.1 Å². The third-order valence-electron chi connectivity index (χ3n) is 3.38. The van der Waals surface area contributed by atoms with E-state index in [1.165, 1.54) is 16.9 Å². The zero-order valence-electron chi connectivity index (χ0n) is 10.3. The molecule has 1 aromatic heterocycles. The van der Waals surface area contributed by atoms with Crippen LogP contribution < -0.4 is 5.32 Å². The molecule has 2 aromatic rings. The Morgan fingerprint density at radius 1 is 1.26 bits per heavy atom. The molecule has 3 rings (SSSR count). The topological polar surface area (TPSA) is 55.2 Å². The molecule has 0 amide bonds. The van der Waals surface area contributed by atoms with E-state index < -0.39 is 0 Å². The van der Waals surface area contributed by atoms with Crippen LogP contribution in [0.15, 0.2) is 42.5 Å². The molecule has 1 fully saturated rings. The van der Waals surface area contributed by atoms with Gasteiger partial charge in [-0.3, -0.25) is 10.1 Å². The summed E-state index contributed by atoms with van der Waals surface area (Å²) in [5.41, 5.74) is 1.37. The highest BCUT2D eigenvalue weighted by Gasteiger charge is 2.37. The predicted octanol–water partition coefficient (Wildman–Crippen LogP) is 3.30. The lowest BCUT2D eigenvalue weighted by atomic mass is 10.1. The Labute approximate surface area is 115 Å². The van der Waals surface area contributed by atoms with Crippen molar-refractivity contribution < 1.29 is 4.92 Å². The molecule has 4 nitrogen and oxygen atoms in total. The van der Waals surface area contributed by atoms with Crippen LogP contribution in [0.1, 0.15) is 22.8 Å². The SMILES string of the molecule is O=[N+]([O-])c1ccc(CNC2CC2c2ccccc2)s1. The monoisotopic (exact) mass is 274 g/mol. The van der Waals surface area contributed by atoms with Crippen molar-refractivity contribution in [3.05, 3.63) is 63.0 Å². The van der Waals surface area contributed by atoms with Gasteiger partial charge in [-0.1, -0.05) is 41.7 Å². The van der Waals surface area contributed by atoms with Crippen LogP contribution in [0.5, 0.6) is 0 Å². The molecule has 19 heavy (non-hydrogen) atoms. The third-order valence-corrected chi connectivity index (χ3v) is 4.42. The number of hydrogen-bond acceptors (Lipinski definition) is 4. The van der Waals surface area contributed by atoms with E-state index in [2.05, 4.69) is 29.6 Å². The molecule has 1 aliphatic rings. The van der Waals surface area contributed by atoms with E-state index in [1.807, 2.05) is 12.1 Å². The molecule has 1 N–H and O–H groups in total. The van der Waals surface area contributed by atoms with Gasteiger partial charge in [-0.15, -0.1) is 0 Å². The van der Waals surface area contributed by atoms with E-state index in [-0.39, 0.29) is 9.92 Å². The van der Waals surface area contributed by atoms with Crippen molar-refractivity contribution in [3.8, 4) is 0 Å². The fourth-order valence-electron chi connectivity index (χ4n) is 2.28. The molecule has 0 aliphatic heterocycles. The van der Waals surface area contributed by atoms with Gasteiger partial charge in [0.05, 0.1) is 4.92 Å². The lowest BCUT2D eigenvalue weighted by molar-refractivity contribution is -0.380. The maximum Gasteiger partial charge on any atom is 0.324 e. The lowest BCUT2D eigenvalue weighted by Gasteiger charge is -2.02. The van der Waals surface area contributed by atoms with Crippen molar-refractivity contribution in [2.75, 3.05) is 0 Å². The number of thiophene rings is 1. The number of nitro groups is 1. The van der Waals surface area contributed by atoms with Crippen molar-refractivity contribution >= 4 is 16.3 Å². The predicted molar refractivity (Wildman–Crippen MR) is 75.4 cm³/mol. The zero-order valence-corrected chi connectivity index (χ0v) is 11.1. The van der Waals surface area contributed by atoms with Gasteiger partial charge in [0, 0.05) is 29.4 Å². The number of nitrogens with zero attached hydrogens (tertiary/aromatic N) is 1. The van der Waals surface area contributed by atoms with Crippen LogP contribution >= 0.6 is 11.3 Å². The molecule has 1 saturated carbocycles. The summed E-state index contributed by atoms with van der Waals surface area (Å²) in [6.45, 7) is 0.715. The van der Waals surface area contributed by atoms with E-state index in [9.17, 15) is 10.1 Å². The molecule has 5 heteroatoms. The van der Waals surface area contributed by atoms with Gasteiger partial charge in [0.1, 0.15) is 0 Å². The van der Waals surface area contributed by atoms with Crippen molar-refractivity contribution in [1.82, 2.24) is 5.32 Å². The van der Waals surface area contributed by atoms with Gasteiger partial charge < -0.3 is 5.32 Å². The highest BCUT2D eigenvalue weighted by Crippen LogP contribution is 2.40. The van der Waals surface area contributed by atoms with Crippen LogP contribution in [0.2, 0.25) is 0 Å². The number of nitrogens with one attached hydrogen (secondary N) is 1. The Balaban J connectivity index is 1.53. The van der Waals surface area contributed by atoms with Crippen LogP contribution in [0.25, 0.3) is 0 Å². The summed E-state index contributed by atoms with van der Waals surface area (Å²) >= 11 is 1.25. The Kier molecular flexibility index (Phi) is 3.31. The second kappa shape index (κ2) is 5.11. The second-order valence-electron chi connectivity index (χ2n) is 4.74. The van der Waals surface area contributed by atoms with E-state index in [4.69, 9.17) is 0 Å². The lowest BCUT2D eigenvalue weighted by Crippen LogP contribution is -2.16. The fourth-order valence-corrected chi connectivity index (χ4v) is 3.05. The summed E-state index contributed by atoms with van der Waals surface area (Å²) in [4.78, 5) is 11.3. The molecule has 2 atom stereocenters. The van der Waals surface area contributed by atoms with Gasteiger partial charge >= 0.3 is 5.00 Å². The maximum atomic E-state index is 10.6. The summed E-state index contributed by atoms with van der Waals surface area (Å²) in [7, 11) is 0.